The Kier molecular flexibility index (Phi) is 4.11. The Labute approximate surface area is 142 Å². The average molecular weight is 339 g/mol. The highest BCUT2D eigenvalue weighted by Crippen LogP contribution is 2.35. The van der Waals surface area contributed by atoms with Crippen LogP contribution in [0, 0.1) is 24.1 Å². The van der Waals surface area contributed by atoms with Crippen molar-refractivity contribution in [1.82, 2.24) is 9.88 Å². The van der Waals surface area contributed by atoms with E-state index in [1.807, 2.05) is 12.1 Å². The number of oxazole rings is 1. The minimum atomic E-state index is -1.16. The molecule has 0 aliphatic carbocycles. The number of rotatable bonds is 3. The Hall–Kier alpha value is -3.40. The van der Waals surface area contributed by atoms with Gasteiger partial charge in [0.25, 0.3) is 0 Å². The molecule has 0 spiro atoms. The normalized spacial score (nSPS) is 10.6. The van der Waals surface area contributed by atoms with Gasteiger partial charge in [0.05, 0.1) is 5.56 Å². The first-order valence-electron chi connectivity index (χ1n) is 7.45. The zero-order valence-electron chi connectivity index (χ0n) is 13.6. The first kappa shape index (κ1) is 16.5. The summed E-state index contributed by atoms with van der Waals surface area (Å²) in [4.78, 5) is 16.0. The number of carbonyl (C=O) groups is 1. The molecule has 1 heterocycles. The van der Waals surface area contributed by atoms with Crippen molar-refractivity contribution in [3.05, 3.63) is 53.2 Å². The Bertz CT molecular complexity index is 1010. The summed E-state index contributed by atoms with van der Waals surface area (Å²) in [6.07, 6.45) is -1.16. The summed E-state index contributed by atoms with van der Waals surface area (Å²) in [5, 5.41) is 18.4. The fraction of sp³-hybridized carbons (Fsp3) is 0.167. The van der Waals surface area contributed by atoms with E-state index in [2.05, 4.69) is 4.98 Å². The molecule has 25 heavy (non-hydrogen) atoms. The number of amides is 1. The zero-order valence-corrected chi connectivity index (χ0v) is 13.6. The molecule has 0 radical (unpaired) electrons. The second kappa shape index (κ2) is 6.24. The Morgan fingerprint density at radius 3 is 2.68 bits per heavy atom. The third-order valence-electron chi connectivity index (χ3n) is 3.95. The molecule has 7 heteroatoms. The van der Waals surface area contributed by atoms with Crippen molar-refractivity contribution >= 4 is 17.2 Å². The summed E-state index contributed by atoms with van der Waals surface area (Å²) in [7, 11) is 1.35. The number of aromatic nitrogens is 1. The van der Waals surface area contributed by atoms with Gasteiger partial charge in [0.2, 0.25) is 5.89 Å². The fourth-order valence-electron chi connectivity index (χ4n) is 2.69. The standard InChI is InChI=1S/C18H14FN3O3/c1-10-12(8-20)16-17(25-13(21-16)9-22(2)18(23)24)15(19)14(10)11-6-4-3-5-7-11/h3-7H,9H2,1-2H3,(H,23,24). The molecule has 0 fully saturated rings. The molecule has 2 aromatic carbocycles. The first-order valence-corrected chi connectivity index (χ1v) is 7.45. The Morgan fingerprint density at radius 1 is 1.40 bits per heavy atom. The van der Waals surface area contributed by atoms with E-state index in [9.17, 15) is 10.1 Å². The molecule has 0 saturated carbocycles. The summed E-state index contributed by atoms with van der Waals surface area (Å²) in [5.74, 6) is -0.589. The molecule has 3 aromatic rings. The van der Waals surface area contributed by atoms with Crippen LogP contribution in [0.1, 0.15) is 17.0 Å². The number of fused-ring (bicyclic) bond motifs is 1. The lowest BCUT2D eigenvalue weighted by Crippen LogP contribution is -2.23. The highest BCUT2D eigenvalue weighted by molar-refractivity contribution is 5.89. The van der Waals surface area contributed by atoms with Crippen molar-refractivity contribution in [2.24, 2.45) is 0 Å². The van der Waals surface area contributed by atoms with Crippen LogP contribution in [-0.4, -0.2) is 28.1 Å². The maximum absolute atomic E-state index is 15.1. The van der Waals surface area contributed by atoms with Gasteiger partial charge in [0.15, 0.2) is 11.4 Å². The number of benzene rings is 2. The second-order valence-corrected chi connectivity index (χ2v) is 5.59. The monoisotopic (exact) mass is 339 g/mol. The van der Waals surface area contributed by atoms with Gasteiger partial charge in [-0.1, -0.05) is 30.3 Å². The number of halogens is 1. The molecule has 126 valence electrons. The third kappa shape index (κ3) is 2.78. The van der Waals surface area contributed by atoms with Gasteiger partial charge in [0, 0.05) is 12.6 Å². The lowest BCUT2D eigenvalue weighted by atomic mass is 9.95. The molecule has 0 aliphatic heterocycles. The van der Waals surface area contributed by atoms with Crippen molar-refractivity contribution in [2.75, 3.05) is 7.05 Å². The lowest BCUT2D eigenvalue weighted by molar-refractivity contribution is 0.150. The largest absolute Gasteiger partial charge is 0.465 e. The van der Waals surface area contributed by atoms with Gasteiger partial charge in [-0.3, -0.25) is 0 Å². The topological polar surface area (TPSA) is 90.4 Å². The molecular weight excluding hydrogens is 325 g/mol. The van der Waals surface area contributed by atoms with Crippen LogP contribution in [0.15, 0.2) is 34.7 Å². The molecule has 3 rings (SSSR count). The van der Waals surface area contributed by atoms with Crippen molar-refractivity contribution in [2.45, 2.75) is 13.5 Å². The molecule has 0 unspecified atom stereocenters. The lowest BCUT2D eigenvalue weighted by Gasteiger charge is -2.09. The number of carboxylic acid groups (broad SMARTS) is 1. The van der Waals surface area contributed by atoms with E-state index in [-0.39, 0.29) is 34.7 Å². The van der Waals surface area contributed by atoms with Crippen LogP contribution < -0.4 is 0 Å². The minimum Gasteiger partial charge on any atom is -0.465 e. The van der Waals surface area contributed by atoms with Gasteiger partial charge in [-0.25, -0.2) is 14.2 Å². The van der Waals surface area contributed by atoms with Gasteiger partial charge in [-0.15, -0.1) is 0 Å². The van der Waals surface area contributed by atoms with Gasteiger partial charge < -0.3 is 14.4 Å². The third-order valence-corrected chi connectivity index (χ3v) is 3.95. The molecule has 0 aliphatic rings. The van der Waals surface area contributed by atoms with Crippen LogP contribution in [0.25, 0.3) is 22.2 Å². The molecule has 6 nitrogen and oxygen atoms in total. The molecule has 0 bridgehead atoms. The highest BCUT2D eigenvalue weighted by Gasteiger charge is 2.24. The maximum Gasteiger partial charge on any atom is 0.407 e. The van der Waals surface area contributed by atoms with Crippen LogP contribution in [0.5, 0.6) is 0 Å². The summed E-state index contributed by atoms with van der Waals surface area (Å²) < 4.78 is 20.5. The van der Waals surface area contributed by atoms with Gasteiger partial charge >= 0.3 is 6.09 Å². The van der Waals surface area contributed by atoms with Crippen LogP contribution >= 0.6 is 0 Å². The molecule has 1 N–H and O–H groups in total. The predicted octanol–water partition coefficient (Wildman–Crippen LogP) is 3.92. The van der Waals surface area contributed by atoms with Crippen molar-refractivity contribution in [3.8, 4) is 17.2 Å². The minimum absolute atomic E-state index is 0.0277. The molecule has 0 saturated heterocycles. The van der Waals surface area contributed by atoms with E-state index in [1.165, 1.54) is 7.05 Å². The van der Waals surface area contributed by atoms with Gasteiger partial charge in [-0.2, -0.15) is 5.26 Å². The Morgan fingerprint density at radius 2 is 2.08 bits per heavy atom. The zero-order chi connectivity index (χ0) is 18.1. The average Bonchev–Trinajstić information content (AvgIpc) is 3.00. The summed E-state index contributed by atoms with van der Waals surface area (Å²) in [5.41, 5.74) is 1.53. The smallest absolute Gasteiger partial charge is 0.407 e. The van der Waals surface area contributed by atoms with Crippen LogP contribution in [0.4, 0.5) is 9.18 Å². The number of hydrogen-bond acceptors (Lipinski definition) is 4. The quantitative estimate of drug-likeness (QED) is 0.781. The van der Waals surface area contributed by atoms with E-state index in [0.29, 0.717) is 11.1 Å². The van der Waals surface area contributed by atoms with Gasteiger partial charge in [0.1, 0.15) is 18.1 Å². The SMILES string of the molecule is Cc1c(-c2ccccc2)c(F)c2oc(CN(C)C(=O)O)nc2c1C#N. The van der Waals surface area contributed by atoms with Crippen molar-refractivity contribution in [1.29, 1.82) is 5.26 Å². The summed E-state index contributed by atoms with van der Waals surface area (Å²) in [6, 6.07) is 10.9. The van der Waals surface area contributed by atoms with E-state index < -0.39 is 11.9 Å². The maximum atomic E-state index is 15.1. The fourth-order valence-corrected chi connectivity index (χ4v) is 2.69. The molecule has 1 amide bonds. The summed E-state index contributed by atoms with van der Waals surface area (Å²) >= 11 is 0. The van der Waals surface area contributed by atoms with Crippen LogP contribution in [0.2, 0.25) is 0 Å². The second-order valence-electron chi connectivity index (χ2n) is 5.59. The first-order chi connectivity index (χ1) is 11.9. The predicted molar refractivity (Wildman–Crippen MR) is 88.3 cm³/mol. The van der Waals surface area contributed by atoms with Crippen LogP contribution in [-0.2, 0) is 6.54 Å². The number of hydrogen-bond donors (Lipinski definition) is 1. The molecule has 1 aromatic heterocycles. The highest BCUT2D eigenvalue weighted by atomic mass is 19.1. The number of nitriles is 1. The van der Waals surface area contributed by atoms with Gasteiger partial charge in [-0.05, 0) is 18.1 Å². The van der Waals surface area contributed by atoms with E-state index in [4.69, 9.17) is 9.52 Å². The number of nitrogens with zero attached hydrogens (tertiary/aromatic N) is 3. The molecule has 0 atom stereocenters. The van der Waals surface area contributed by atoms with Crippen molar-refractivity contribution in [3.63, 3.8) is 0 Å². The summed E-state index contributed by atoms with van der Waals surface area (Å²) in [6.45, 7) is 1.51. The van der Waals surface area contributed by atoms with Crippen molar-refractivity contribution < 1.29 is 18.7 Å². The van der Waals surface area contributed by atoms with E-state index >= 15 is 4.39 Å². The Balaban J connectivity index is 2.24. The van der Waals surface area contributed by atoms with E-state index in [1.54, 1.807) is 31.2 Å². The van der Waals surface area contributed by atoms with E-state index in [0.717, 1.165) is 4.90 Å². The van der Waals surface area contributed by atoms with Crippen LogP contribution in [0.3, 0.4) is 0 Å². The molecular formula is C18H14FN3O3.